The van der Waals surface area contributed by atoms with Crippen molar-refractivity contribution in [3.8, 4) is 0 Å². The zero-order valence-corrected chi connectivity index (χ0v) is 52.4. The van der Waals surface area contributed by atoms with Gasteiger partial charge >= 0.3 is 71.6 Å². The molecule has 26 nitrogen and oxygen atoms in total. The third-order valence-electron chi connectivity index (χ3n) is 5.35. The van der Waals surface area contributed by atoms with Crippen molar-refractivity contribution < 1.29 is 119 Å². The molecule has 0 unspecified atom stereocenters. The summed E-state index contributed by atoms with van der Waals surface area (Å²) in [5, 5.41) is 2.30. The quantitative estimate of drug-likeness (QED) is 0.0276. The monoisotopic (exact) mass is 1300 g/mol. The number of allylic oxidation sites excluding steroid dienone is 2. The van der Waals surface area contributed by atoms with E-state index in [0.717, 1.165) is 123 Å². The van der Waals surface area contributed by atoms with Crippen molar-refractivity contribution in [3.05, 3.63) is 330 Å². The third-order valence-corrected chi connectivity index (χ3v) is 5.35. The molecule has 0 saturated heterocycles. The summed E-state index contributed by atoms with van der Waals surface area (Å²) in [6, 6.07) is 0. The van der Waals surface area contributed by atoms with Gasteiger partial charge in [-0.2, -0.15) is 0 Å². The second kappa shape index (κ2) is 100. The molecule has 26 heteroatoms. The van der Waals surface area contributed by atoms with Gasteiger partial charge in [0.05, 0.1) is 64.3 Å². The van der Waals surface area contributed by atoms with Crippen LogP contribution in [0, 0.1) is 0 Å². The molecule has 93 heavy (non-hydrogen) atoms. The summed E-state index contributed by atoms with van der Waals surface area (Å²) in [4.78, 5) is 130. The molecule has 0 fully saturated rings. The van der Waals surface area contributed by atoms with E-state index in [4.69, 9.17) is 0 Å². The first-order valence-corrected chi connectivity index (χ1v) is 23.6. The predicted molar refractivity (Wildman–Crippen MR) is 356 cm³/mol. The van der Waals surface area contributed by atoms with E-state index in [1.807, 2.05) is 0 Å². The van der Waals surface area contributed by atoms with Crippen molar-refractivity contribution in [3.63, 3.8) is 0 Å². The van der Waals surface area contributed by atoms with E-state index < -0.39 is 71.6 Å². The van der Waals surface area contributed by atoms with Crippen LogP contribution < -0.4 is 5.32 Å². The third kappa shape index (κ3) is 149. The average Bonchev–Trinajstić information content (AvgIpc) is 3.64. The van der Waals surface area contributed by atoms with Gasteiger partial charge in [-0.15, -0.1) is 0 Å². The predicted octanol–water partition coefficient (Wildman–Crippen LogP) is 10.8. The molecule has 0 atom stereocenters. The number of rotatable bonds is 26. The average molecular weight is 1300 g/mol. The molecular weight excluding hydrogens is 1220 g/mol. The van der Waals surface area contributed by atoms with Gasteiger partial charge in [0.25, 0.3) is 0 Å². The van der Waals surface area contributed by atoms with Crippen LogP contribution in [0.1, 0.15) is 0 Å². The highest BCUT2D eigenvalue weighted by Gasteiger charge is 1.95. The summed E-state index contributed by atoms with van der Waals surface area (Å²) in [6.45, 7) is 83.1. The lowest BCUT2D eigenvalue weighted by Gasteiger charge is -1.96. The van der Waals surface area contributed by atoms with Gasteiger partial charge in [-0.25, -0.2) is 57.5 Å². The molecule has 0 aliphatic carbocycles. The van der Waals surface area contributed by atoms with Crippen molar-refractivity contribution in [2.45, 2.75) is 0 Å². The summed E-state index contributed by atoms with van der Waals surface area (Å²) < 4.78 is 50.8. The van der Waals surface area contributed by atoms with E-state index in [-0.39, 0.29) is 17.4 Å². The van der Waals surface area contributed by atoms with Crippen LogP contribution in [0.2, 0.25) is 0 Å². The molecule has 506 valence electrons. The Balaban J connectivity index is -0.0000000679. The minimum Gasteiger partial charge on any atom is -0.466 e. The molecule has 0 aliphatic rings. The van der Waals surface area contributed by atoms with Gasteiger partial charge < -0.3 is 62.2 Å². The van der Waals surface area contributed by atoms with Crippen molar-refractivity contribution >= 4 is 77.5 Å². The molecule has 0 radical (unpaired) electrons. The van der Waals surface area contributed by atoms with Crippen LogP contribution >= 0.6 is 0 Å². The maximum Gasteiger partial charge on any atom is 0.335 e. The van der Waals surface area contributed by atoms with Crippen molar-refractivity contribution in [1.29, 1.82) is 0 Å². The first-order valence-electron chi connectivity index (χ1n) is 23.6. The van der Waals surface area contributed by atoms with Gasteiger partial charge in [-0.05, 0) is 24.4 Å². The molecule has 1 N–H and O–H groups in total. The number of hydrogen-bond donors (Lipinski definition) is 1. The van der Waals surface area contributed by atoms with E-state index in [9.17, 15) is 62.3 Å². The molecule has 0 aromatic heterocycles. The number of esters is 12. The van der Waals surface area contributed by atoms with Crippen molar-refractivity contribution in [2.24, 2.45) is 0 Å². The molecule has 0 saturated carbocycles. The number of hydrogen-bond acceptors (Lipinski definition) is 25. The van der Waals surface area contributed by atoms with Crippen LogP contribution in [0.25, 0.3) is 0 Å². The van der Waals surface area contributed by atoms with Crippen LogP contribution in [0.15, 0.2) is 330 Å². The molecule has 0 bridgehead atoms. The lowest BCUT2D eigenvalue weighted by atomic mass is 10.5. The van der Waals surface area contributed by atoms with Gasteiger partial charge in [-0.1, -0.05) is 171 Å². The molecule has 0 aromatic rings. The minimum atomic E-state index is -0.514. The summed E-state index contributed by atoms with van der Waals surface area (Å²) >= 11 is 0. The van der Waals surface area contributed by atoms with Crippen LogP contribution in [0.4, 0.5) is 0 Å². The number of methoxy groups -OCH3 is 2. The van der Waals surface area contributed by atoms with E-state index in [1.54, 1.807) is 0 Å². The van der Waals surface area contributed by atoms with Gasteiger partial charge in [-0.3, -0.25) is 4.79 Å². The second-order valence-electron chi connectivity index (χ2n) is 11.4. The van der Waals surface area contributed by atoms with Crippen molar-refractivity contribution in [1.82, 2.24) is 5.32 Å². The minimum absolute atomic E-state index is 0.227. The summed E-state index contributed by atoms with van der Waals surface area (Å²) in [5.74, 6) is -5.38. The van der Waals surface area contributed by atoms with Gasteiger partial charge in [0.1, 0.15) is 11.5 Å². The number of nitrogens with one attached hydrogen (secondary N) is 1. The SMILES string of the molecule is C=CC(=C)OC(=O)C=C.C=CC(=C)OC(=O)C=C.C=CC(=O)OC.C=CC(=O)OC.C=CNC(=O)C=C.C=COC(=O)C=C.C=COC(=O)C=C.C=COC(=O)C=C.C=COC(=O)C=C.C=COC(=O)C=C.C=COC(=O)C=C.C=COC(=O)C=C.C=COC(=O)C=C. The molecule has 0 spiro atoms. The number of carbonyl (C=O) groups excluding carboxylic acids is 13. The number of amides is 1. The van der Waals surface area contributed by atoms with Crippen LogP contribution in [0.5, 0.6) is 0 Å². The highest BCUT2D eigenvalue weighted by atomic mass is 16.6. The number of ether oxygens (including phenoxy) is 12. The van der Waals surface area contributed by atoms with Gasteiger partial charge in [0.15, 0.2) is 0 Å². The maximum atomic E-state index is 10.3. The van der Waals surface area contributed by atoms with Gasteiger partial charge in [0, 0.05) is 72.9 Å². The standard InChI is InChI=1S/2C7H8O2.C5H7NO.8C5H6O2.2C4H6O2/c2*1-4-6(3)9-7(8)5-2;1-3-5(7)6-4-2;8*1-3-5(6)7-4-2;2*1-3-4(5)6-2/h2*4-5H,1-3H2;3-4H,1-2H2,(H,6,7);8*3-4H,1-2H2;2*3H,1H2,2H3. The Bertz CT molecular complexity index is 2120. The maximum absolute atomic E-state index is 10.3. The lowest BCUT2D eigenvalue weighted by Crippen LogP contribution is -2.11. The van der Waals surface area contributed by atoms with E-state index in [0.29, 0.717) is 0 Å². The molecular formula is C67H83NO25. The number of carbonyl (C=O) groups is 13. The molecule has 1 amide bonds. The lowest BCUT2D eigenvalue weighted by molar-refractivity contribution is -0.135. The summed E-state index contributed by atoms with van der Waals surface area (Å²) in [7, 11) is 2.62. The first-order chi connectivity index (χ1) is 43.8. The Morgan fingerprint density at radius 2 is 0.376 bits per heavy atom. The molecule has 0 aromatic carbocycles. The van der Waals surface area contributed by atoms with E-state index in [2.05, 4.69) is 233 Å². The smallest absolute Gasteiger partial charge is 0.335 e. The topological polar surface area (TPSA) is 345 Å². The Morgan fingerprint density at radius 1 is 0.226 bits per heavy atom. The zero-order chi connectivity index (χ0) is 75.8. The van der Waals surface area contributed by atoms with Crippen molar-refractivity contribution in [2.75, 3.05) is 14.2 Å². The largest absolute Gasteiger partial charge is 0.466 e. The fraction of sp³-hybridized carbons (Fsp3) is 0.0299. The zero-order valence-electron chi connectivity index (χ0n) is 52.4. The summed E-state index contributed by atoms with van der Waals surface area (Å²) in [6.07, 6.45) is 26.6. The fourth-order valence-electron chi connectivity index (χ4n) is 1.79. The fourth-order valence-corrected chi connectivity index (χ4v) is 1.79. The Labute approximate surface area is 544 Å². The Kier molecular flexibility index (Phi) is 119. The van der Waals surface area contributed by atoms with Crippen LogP contribution in [0.3, 0.4) is 0 Å². The Morgan fingerprint density at radius 3 is 0.430 bits per heavy atom. The Hall–Kier alpha value is -13.7. The first kappa shape index (κ1) is 111. The summed E-state index contributed by atoms with van der Waals surface area (Å²) in [5.41, 5.74) is 0. The molecule has 0 heterocycles. The van der Waals surface area contributed by atoms with E-state index >= 15 is 0 Å². The highest BCUT2D eigenvalue weighted by molar-refractivity contribution is 5.88. The molecule has 0 rings (SSSR count). The second-order valence-corrected chi connectivity index (χ2v) is 11.4. The van der Waals surface area contributed by atoms with Crippen LogP contribution in [-0.2, 0) is 119 Å². The van der Waals surface area contributed by atoms with Gasteiger partial charge in [0.2, 0.25) is 5.91 Å². The normalized spacial score (nSPS) is 6.99. The van der Waals surface area contributed by atoms with Crippen LogP contribution in [-0.4, -0.2) is 91.8 Å². The molecule has 0 aliphatic heterocycles. The highest BCUT2D eigenvalue weighted by Crippen LogP contribution is 1.94. The van der Waals surface area contributed by atoms with E-state index in [1.165, 1.54) is 38.6 Å².